The van der Waals surface area contributed by atoms with E-state index in [1.165, 1.54) is 12.1 Å². The van der Waals surface area contributed by atoms with Gasteiger partial charge < -0.3 is 0 Å². The number of hydrogen-bond donors (Lipinski definition) is 0. The van der Waals surface area contributed by atoms with Crippen LogP contribution in [0.5, 0.6) is 0 Å². The SMILES string of the molecule is [C-]#[N+]C1=C(c2c(F)c(F)c(C)c(F)c2F)/C(=C(/C#N)[N+]#[C-])c2cc3c(cc21)/C(=C(/C#N)[N+]#[C-])C(c1c(F)c(F)c(C)c(F)c1F)=C3C#N. The maximum Gasteiger partial charge on any atom is 0.270 e. The van der Waals surface area contributed by atoms with Gasteiger partial charge in [0, 0.05) is 27.8 Å². The summed E-state index contributed by atoms with van der Waals surface area (Å²) in [7, 11) is 0. The van der Waals surface area contributed by atoms with E-state index >= 15 is 17.6 Å². The number of halogens is 8. The molecule has 6 nitrogen and oxygen atoms in total. The molecule has 0 fully saturated rings. The van der Waals surface area contributed by atoms with E-state index in [0.717, 1.165) is 26.0 Å². The minimum atomic E-state index is -1.98. The van der Waals surface area contributed by atoms with Gasteiger partial charge in [0.1, 0.15) is 6.07 Å². The van der Waals surface area contributed by atoms with Gasteiger partial charge in [0.2, 0.25) is 5.70 Å². The molecule has 3 aromatic rings. The Bertz CT molecular complexity index is 2250. The first-order chi connectivity index (χ1) is 22.8. The van der Waals surface area contributed by atoms with Crippen LogP contribution >= 0.6 is 0 Å². The molecule has 2 aliphatic carbocycles. The smallest absolute Gasteiger partial charge is 0.237 e. The lowest BCUT2D eigenvalue weighted by Crippen LogP contribution is -2.07. The molecular formula is C34H8F8N6. The average molecular weight is 652 g/mol. The van der Waals surface area contributed by atoms with Crippen LogP contribution in [0.25, 0.3) is 48.1 Å². The van der Waals surface area contributed by atoms with Gasteiger partial charge >= 0.3 is 0 Å². The van der Waals surface area contributed by atoms with Crippen LogP contribution in [0.15, 0.2) is 23.5 Å². The van der Waals surface area contributed by atoms with E-state index in [1.54, 1.807) is 6.07 Å². The summed E-state index contributed by atoms with van der Waals surface area (Å²) in [5.41, 5.74) is -13.4. The molecule has 0 saturated heterocycles. The highest BCUT2D eigenvalue weighted by atomic mass is 19.2. The predicted molar refractivity (Wildman–Crippen MR) is 153 cm³/mol. The number of nitrogens with zero attached hydrogens (tertiary/aromatic N) is 6. The van der Waals surface area contributed by atoms with E-state index in [0.29, 0.717) is 0 Å². The van der Waals surface area contributed by atoms with Crippen molar-refractivity contribution in [1.29, 1.82) is 15.8 Å². The van der Waals surface area contributed by atoms with E-state index in [4.69, 9.17) is 19.7 Å². The molecule has 0 aromatic heterocycles. The van der Waals surface area contributed by atoms with Gasteiger partial charge in [-0.2, -0.15) is 5.26 Å². The Morgan fingerprint density at radius 2 is 0.938 bits per heavy atom. The summed E-state index contributed by atoms with van der Waals surface area (Å²) in [6, 6.07) is 6.37. The Balaban J connectivity index is 2.02. The fourth-order valence-corrected chi connectivity index (χ4v) is 5.61. The summed E-state index contributed by atoms with van der Waals surface area (Å²) < 4.78 is 121. The van der Waals surface area contributed by atoms with Crippen LogP contribution in [-0.2, 0) is 0 Å². The Morgan fingerprint density at radius 1 is 0.562 bits per heavy atom. The Morgan fingerprint density at radius 3 is 1.31 bits per heavy atom. The van der Waals surface area contributed by atoms with Crippen LogP contribution in [0, 0.1) is 114 Å². The average Bonchev–Trinajstić information content (AvgIpc) is 3.56. The van der Waals surface area contributed by atoms with Crippen molar-refractivity contribution < 1.29 is 35.1 Å². The third kappa shape index (κ3) is 4.11. The molecule has 0 amide bonds. The molecule has 0 unspecified atom stereocenters. The highest BCUT2D eigenvalue weighted by Crippen LogP contribution is 2.56. The van der Waals surface area contributed by atoms with E-state index in [2.05, 4.69) is 14.5 Å². The topological polar surface area (TPSA) is 84.4 Å². The molecule has 3 aromatic carbocycles. The predicted octanol–water partition coefficient (Wildman–Crippen LogP) is 8.97. The van der Waals surface area contributed by atoms with E-state index in [-0.39, 0.29) is 0 Å². The summed E-state index contributed by atoms with van der Waals surface area (Å²) in [5, 5.41) is 29.7. The Hall–Kier alpha value is -7.00. The number of hydrogen-bond acceptors (Lipinski definition) is 3. The molecule has 230 valence electrons. The van der Waals surface area contributed by atoms with Gasteiger partial charge in [0.25, 0.3) is 11.4 Å². The molecule has 14 heteroatoms. The molecule has 0 aliphatic heterocycles. The first-order valence-corrected chi connectivity index (χ1v) is 12.9. The Kier molecular flexibility index (Phi) is 7.71. The van der Waals surface area contributed by atoms with Gasteiger partial charge in [-0.05, 0) is 53.3 Å². The van der Waals surface area contributed by atoms with Gasteiger partial charge in [0.15, 0.2) is 46.5 Å². The van der Waals surface area contributed by atoms with Crippen molar-refractivity contribution in [2.24, 2.45) is 0 Å². The third-order valence-electron chi connectivity index (χ3n) is 7.81. The molecule has 0 atom stereocenters. The summed E-state index contributed by atoms with van der Waals surface area (Å²) >= 11 is 0. The van der Waals surface area contributed by atoms with Crippen LogP contribution in [0.3, 0.4) is 0 Å². The number of benzene rings is 3. The van der Waals surface area contributed by atoms with Crippen LogP contribution in [0.1, 0.15) is 44.5 Å². The first-order valence-electron chi connectivity index (χ1n) is 12.9. The van der Waals surface area contributed by atoms with E-state index in [9.17, 15) is 33.3 Å². The lowest BCUT2D eigenvalue weighted by atomic mass is 9.91. The fraction of sp³-hybridized carbons (Fsp3) is 0.0588. The second-order valence-corrected chi connectivity index (χ2v) is 10.0. The van der Waals surface area contributed by atoms with E-state index < -0.39 is 136 Å². The molecular weight excluding hydrogens is 644 g/mol. The van der Waals surface area contributed by atoms with Gasteiger partial charge in [0.05, 0.1) is 43.0 Å². The van der Waals surface area contributed by atoms with Gasteiger partial charge in [-0.25, -0.2) is 60.2 Å². The zero-order chi connectivity index (χ0) is 35.5. The van der Waals surface area contributed by atoms with Crippen molar-refractivity contribution in [3.8, 4) is 18.2 Å². The highest BCUT2D eigenvalue weighted by molar-refractivity contribution is 6.29. The standard InChI is InChI=1S/C34H8F8N6/c1-11-26(35)30(39)24(31(40)27(11)36)22-17(8-43)13-6-15-16(7-14(13)20(22)18(9-44)46-3)34(48-5)23(21(15)19(10-45)47-4)25-32(41)28(37)12(2)29(38)33(25)42/h6-7H,1-2H3/b20-18+,21-19-. The number of nitriles is 3. The van der Waals surface area contributed by atoms with Crippen LogP contribution in [-0.4, -0.2) is 0 Å². The molecule has 0 saturated carbocycles. The van der Waals surface area contributed by atoms with Gasteiger partial charge in [-0.15, -0.1) is 0 Å². The molecule has 0 N–H and O–H groups in total. The summed E-state index contributed by atoms with van der Waals surface area (Å²) in [4.78, 5) is 9.26. The molecule has 48 heavy (non-hydrogen) atoms. The summed E-state index contributed by atoms with van der Waals surface area (Å²) in [5.74, 6) is -15.3. The van der Waals surface area contributed by atoms with Crippen molar-refractivity contribution in [2.75, 3.05) is 0 Å². The van der Waals surface area contributed by atoms with Crippen molar-refractivity contribution in [3.05, 3.63) is 149 Å². The van der Waals surface area contributed by atoms with Crippen LogP contribution in [0.2, 0.25) is 0 Å². The second kappa shape index (κ2) is 11.4. The minimum Gasteiger partial charge on any atom is -0.237 e. The largest absolute Gasteiger partial charge is 0.270 e. The maximum atomic E-state index is 15.4. The third-order valence-corrected chi connectivity index (χ3v) is 7.81. The van der Waals surface area contributed by atoms with Crippen LogP contribution in [0.4, 0.5) is 35.1 Å². The maximum absolute atomic E-state index is 15.4. The van der Waals surface area contributed by atoms with Crippen LogP contribution < -0.4 is 0 Å². The van der Waals surface area contributed by atoms with Crippen molar-refractivity contribution in [2.45, 2.75) is 13.8 Å². The summed E-state index contributed by atoms with van der Waals surface area (Å²) in [6.45, 7) is 24.3. The minimum absolute atomic E-state index is 0.403. The molecule has 0 heterocycles. The number of fused-ring (bicyclic) bond motifs is 2. The van der Waals surface area contributed by atoms with E-state index in [1.807, 2.05) is 0 Å². The zero-order valence-electron chi connectivity index (χ0n) is 23.9. The lowest BCUT2D eigenvalue weighted by Gasteiger charge is -2.14. The fourth-order valence-electron chi connectivity index (χ4n) is 5.61. The monoisotopic (exact) mass is 652 g/mol. The number of rotatable bonds is 2. The molecule has 0 radical (unpaired) electrons. The zero-order valence-corrected chi connectivity index (χ0v) is 23.9. The second-order valence-electron chi connectivity index (χ2n) is 10.0. The van der Waals surface area contributed by atoms with Gasteiger partial charge in [-0.3, -0.25) is 0 Å². The molecule has 0 spiro atoms. The van der Waals surface area contributed by atoms with Gasteiger partial charge in [-0.1, -0.05) is 6.07 Å². The van der Waals surface area contributed by atoms with Crippen molar-refractivity contribution >= 4 is 33.6 Å². The summed E-state index contributed by atoms with van der Waals surface area (Å²) in [6.07, 6.45) is 0. The molecule has 2 aliphatic rings. The van der Waals surface area contributed by atoms with Crippen molar-refractivity contribution in [3.63, 3.8) is 0 Å². The molecule has 0 bridgehead atoms. The van der Waals surface area contributed by atoms with Crippen molar-refractivity contribution in [1.82, 2.24) is 0 Å². The number of allylic oxidation sites excluding steroid dienone is 7. The normalized spacial score (nSPS) is 15.1. The lowest BCUT2D eigenvalue weighted by molar-refractivity contribution is 0.442. The highest BCUT2D eigenvalue weighted by Gasteiger charge is 2.41. The molecule has 5 rings (SSSR count). The quantitative estimate of drug-likeness (QED) is 0.120. The Labute approximate surface area is 265 Å². The first kappa shape index (κ1) is 32.4.